The minimum atomic E-state index is -1.12. The van der Waals surface area contributed by atoms with Gasteiger partial charge in [-0.2, -0.15) is 0 Å². The van der Waals surface area contributed by atoms with Crippen molar-refractivity contribution in [2.45, 2.75) is 37.6 Å². The summed E-state index contributed by atoms with van der Waals surface area (Å²) < 4.78 is 2.52. The van der Waals surface area contributed by atoms with Crippen LogP contribution in [0.25, 0.3) is 0 Å². The molecule has 0 saturated heterocycles. The summed E-state index contributed by atoms with van der Waals surface area (Å²) >= 11 is -1.12. The first kappa shape index (κ1) is 13.8. The monoisotopic (exact) mass is 252 g/mol. The van der Waals surface area contributed by atoms with E-state index in [9.17, 15) is 0 Å². The van der Waals surface area contributed by atoms with Crippen LogP contribution in [-0.4, -0.2) is 39.4 Å². The summed E-state index contributed by atoms with van der Waals surface area (Å²) in [4.78, 5) is 4.26. The van der Waals surface area contributed by atoms with E-state index in [1.807, 2.05) is 6.21 Å². The molecule has 80 valence electrons. The molecule has 0 aliphatic carbocycles. The first-order chi connectivity index (χ1) is 6.72. The van der Waals surface area contributed by atoms with Gasteiger partial charge in [0.25, 0.3) is 0 Å². The van der Waals surface area contributed by atoms with Crippen molar-refractivity contribution < 1.29 is 0 Å². The Morgan fingerprint density at radius 2 is 1.93 bits per heavy atom. The molecule has 0 radical (unpaired) electrons. The van der Waals surface area contributed by atoms with E-state index in [0.29, 0.717) is 0 Å². The van der Waals surface area contributed by atoms with Crippen LogP contribution >= 0.6 is 0 Å². The van der Waals surface area contributed by atoms with Crippen molar-refractivity contribution in [2.75, 3.05) is 13.1 Å². The van der Waals surface area contributed by atoms with Crippen molar-refractivity contribution in [1.82, 2.24) is 3.61 Å². The zero-order chi connectivity index (χ0) is 10.8. The first-order valence-corrected chi connectivity index (χ1v) is 11.6. The Balaban J connectivity index is 3.89. The van der Waals surface area contributed by atoms with Gasteiger partial charge in [-0.15, -0.1) is 0 Å². The van der Waals surface area contributed by atoms with Crippen LogP contribution in [-0.2, 0) is 0 Å². The molecule has 2 nitrogen and oxygen atoms in total. The van der Waals surface area contributed by atoms with Crippen LogP contribution in [0.2, 0.25) is 11.0 Å². The fourth-order valence-electron chi connectivity index (χ4n) is 1.18. The summed E-state index contributed by atoms with van der Waals surface area (Å²) in [7, 11) is 0. The van der Waals surface area contributed by atoms with Crippen molar-refractivity contribution in [2.24, 2.45) is 4.99 Å². The summed E-state index contributed by atoms with van der Waals surface area (Å²) in [5.41, 5.74) is 4.80. The Bertz CT molecular complexity index is 176. The molecule has 0 spiro atoms. The molecule has 0 aromatic carbocycles. The third-order valence-corrected chi connectivity index (χ3v) is 5.65. The van der Waals surface area contributed by atoms with Crippen LogP contribution in [0.15, 0.2) is 17.3 Å². The third-order valence-electron chi connectivity index (χ3n) is 1.97. The van der Waals surface area contributed by atoms with Crippen LogP contribution < -0.4 is 0 Å². The van der Waals surface area contributed by atoms with Crippen LogP contribution in [0.1, 0.15) is 26.7 Å². The quantitative estimate of drug-likeness (QED) is 0.503. The SMILES string of the molecule is CCCN=C/C=C\[N](CCC)[Ga]([CH3])[CH3]. The van der Waals surface area contributed by atoms with E-state index in [-0.39, 0.29) is 0 Å². The number of nitrogens with zero attached hydrogens (tertiary/aromatic N) is 2. The van der Waals surface area contributed by atoms with Gasteiger partial charge in [-0.05, 0) is 0 Å². The molecule has 0 saturated carbocycles. The minimum absolute atomic E-state index is 0.946. The van der Waals surface area contributed by atoms with Crippen LogP contribution in [0.4, 0.5) is 0 Å². The molecule has 0 aromatic rings. The fourth-order valence-corrected chi connectivity index (χ4v) is 3.73. The van der Waals surface area contributed by atoms with E-state index in [1.165, 1.54) is 13.0 Å². The third kappa shape index (κ3) is 7.27. The van der Waals surface area contributed by atoms with Gasteiger partial charge in [0.2, 0.25) is 0 Å². The standard InChI is InChI=1S/C9H17N2.2CH3.Ga/c1-3-6-10-8-5-9-11-7-4-2;;;/h5,8-9H,3-4,6-7H2,1-2H3;2*1H3;/q-1;;;+1/b8-5-,11-9?;;;. The van der Waals surface area contributed by atoms with Crippen LogP contribution in [0.5, 0.6) is 0 Å². The number of aliphatic imine (C=N–C) groups is 1. The summed E-state index contributed by atoms with van der Waals surface area (Å²) in [6, 6.07) is 0. The molecule has 3 heteroatoms. The van der Waals surface area contributed by atoms with Crippen molar-refractivity contribution in [1.29, 1.82) is 0 Å². The Hall–Kier alpha value is -0.154. The number of rotatable bonds is 7. The molecule has 0 heterocycles. The maximum absolute atomic E-state index is 4.26. The molecule has 0 aliphatic rings. The van der Waals surface area contributed by atoms with E-state index >= 15 is 0 Å². The van der Waals surface area contributed by atoms with Gasteiger partial charge in [-0.1, -0.05) is 0 Å². The molecule has 14 heavy (non-hydrogen) atoms. The van der Waals surface area contributed by atoms with Crippen LogP contribution in [0, 0.1) is 0 Å². The number of allylic oxidation sites excluding steroid dienone is 1. The summed E-state index contributed by atoms with van der Waals surface area (Å²) in [6.07, 6.45) is 8.59. The van der Waals surface area contributed by atoms with E-state index in [2.05, 4.69) is 45.7 Å². The van der Waals surface area contributed by atoms with Gasteiger partial charge >= 0.3 is 94.3 Å². The Kier molecular flexibility index (Phi) is 9.30. The van der Waals surface area contributed by atoms with Gasteiger partial charge in [0, 0.05) is 0 Å². The summed E-state index contributed by atoms with van der Waals surface area (Å²) in [5, 5.41) is 0. The van der Waals surface area contributed by atoms with Gasteiger partial charge in [0.1, 0.15) is 0 Å². The van der Waals surface area contributed by atoms with E-state index in [1.54, 1.807) is 0 Å². The van der Waals surface area contributed by atoms with Crippen molar-refractivity contribution in [3.63, 3.8) is 0 Å². The number of hydrogen-bond donors (Lipinski definition) is 0. The summed E-state index contributed by atoms with van der Waals surface area (Å²) in [5.74, 6) is 0. The Morgan fingerprint density at radius 3 is 2.43 bits per heavy atom. The fraction of sp³-hybridized carbons (Fsp3) is 0.727. The van der Waals surface area contributed by atoms with Gasteiger partial charge in [-0.3, -0.25) is 0 Å². The maximum atomic E-state index is 4.26. The zero-order valence-electron chi connectivity index (χ0n) is 10.0. The normalized spacial score (nSPS) is 11.4. The van der Waals surface area contributed by atoms with Crippen molar-refractivity contribution in [3.8, 4) is 0 Å². The second-order valence-corrected chi connectivity index (χ2v) is 9.71. The van der Waals surface area contributed by atoms with Gasteiger partial charge < -0.3 is 0 Å². The topological polar surface area (TPSA) is 15.6 Å². The predicted octanol–water partition coefficient (Wildman–Crippen LogP) is 2.94. The second kappa shape index (κ2) is 9.40. The first-order valence-electron chi connectivity index (χ1n) is 5.64. The average molecular weight is 253 g/mol. The van der Waals surface area contributed by atoms with Crippen molar-refractivity contribution in [3.05, 3.63) is 12.3 Å². The Labute approximate surface area is 94.4 Å². The zero-order valence-corrected chi connectivity index (χ0v) is 12.5. The second-order valence-electron chi connectivity index (χ2n) is 3.73. The molecule has 0 aliphatic heterocycles. The number of hydrogen-bond acceptors (Lipinski definition) is 2. The molecule has 0 atom stereocenters. The van der Waals surface area contributed by atoms with Gasteiger partial charge in [-0.25, -0.2) is 0 Å². The molecule has 0 N–H and O–H groups in total. The average Bonchev–Trinajstić information content (AvgIpc) is 2.15. The Morgan fingerprint density at radius 1 is 1.21 bits per heavy atom. The molecule has 0 unspecified atom stereocenters. The van der Waals surface area contributed by atoms with E-state index in [0.717, 1.165) is 13.0 Å². The van der Waals surface area contributed by atoms with Crippen molar-refractivity contribution >= 4 is 22.7 Å². The van der Waals surface area contributed by atoms with Crippen LogP contribution in [0.3, 0.4) is 0 Å². The van der Waals surface area contributed by atoms with Gasteiger partial charge in [0.05, 0.1) is 0 Å². The molecule has 0 aromatic heterocycles. The van der Waals surface area contributed by atoms with Gasteiger partial charge in [0.15, 0.2) is 0 Å². The molecular weight excluding hydrogens is 230 g/mol. The molecule has 0 rings (SSSR count). The predicted molar refractivity (Wildman–Crippen MR) is 67.3 cm³/mol. The molecule has 0 fully saturated rings. The molecular formula is C11H23GaN2. The van der Waals surface area contributed by atoms with E-state index < -0.39 is 16.5 Å². The molecule has 0 bridgehead atoms. The molecule has 0 amide bonds. The van der Waals surface area contributed by atoms with E-state index in [4.69, 9.17) is 0 Å². The summed E-state index contributed by atoms with van der Waals surface area (Å²) in [6.45, 7) is 6.53.